The molecule has 5 aromatic rings. The maximum absolute atomic E-state index is 15.5. The van der Waals surface area contributed by atoms with Gasteiger partial charge in [0.2, 0.25) is 11.9 Å². The summed E-state index contributed by atoms with van der Waals surface area (Å²) in [6, 6.07) is 7.61. The van der Waals surface area contributed by atoms with Gasteiger partial charge in [-0.1, -0.05) is 6.58 Å². The van der Waals surface area contributed by atoms with E-state index in [1.807, 2.05) is 4.90 Å². The largest absolute Gasteiger partial charge is 0.457 e. The molecule has 1 saturated heterocycles. The Morgan fingerprint density at radius 3 is 2.64 bits per heavy atom. The number of imidazole rings is 1. The number of nitrogens with zero attached hydrogens (tertiary/aromatic N) is 8. The first-order valence-electron chi connectivity index (χ1n) is 12.9. The van der Waals surface area contributed by atoms with Gasteiger partial charge in [-0.15, -0.1) is 0 Å². The lowest BCUT2D eigenvalue weighted by Crippen LogP contribution is -2.48. The van der Waals surface area contributed by atoms with Crippen molar-refractivity contribution in [2.75, 3.05) is 36.4 Å². The molecule has 14 heteroatoms. The maximum atomic E-state index is 15.5. The number of hydrogen-bond acceptors (Lipinski definition) is 9. The number of nitrogens with one attached hydrogen (secondary N) is 1. The van der Waals surface area contributed by atoms with Gasteiger partial charge in [0.05, 0.1) is 22.9 Å². The number of amides is 1. The lowest BCUT2D eigenvalue weighted by atomic mass is 10.1. The van der Waals surface area contributed by atoms with Gasteiger partial charge < -0.3 is 19.9 Å². The molecule has 0 saturated carbocycles. The highest BCUT2D eigenvalue weighted by Crippen LogP contribution is 2.34. The number of carbonyl (C=O) groups is 1. The summed E-state index contributed by atoms with van der Waals surface area (Å²) >= 11 is 0. The van der Waals surface area contributed by atoms with E-state index in [0.717, 1.165) is 10.9 Å². The Morgan fingerprint density at radius 1 is 1.07 bits per heavy atom. The number of carbonyl (C=O) groups excluding carboxylic acids is 1. The predicted octanol–water partition coefficient (Wildman–Crippen LogP) is 4.98. The topological polar surface area (TPSA) is 114 Å². The van der Waals surface area contributed by atoms with Crippen LogP contribution in [-0.4, -0.2) is 66.5 Å². The summed E-state index contributed by atoms with van der Waals surface area (Å²) in [6.45, 7) is 4.48. The van der Waals surface area contributed by atoms with E-state index in [9.17, 15) is 13.6 Å². The van der Waals surface area contributed by atoms with Crippen LogP contribution >= 0.6 is 0 Å². The summed E-state index contributed by atoms with van der Waals surface area (Å²) < 4.78 is 48.4. The highest BCUT2D eigenvalue weighted by molar-refractivity contribution is 5.88. The van der Waals surface area contributed by atoms with Crippen LogP contribution in [0.25, 0.3) is 22.1 Å². The van der Waals surface area contributed by atoms with E-state index in [0.29, 0.717) is 54.4 Å². The minimum Gasteiger partial charge on any atom is -0.457 e. The standard InChI is InChI=1S/C28H24F3N9O2/c1-3-23(41)38-8-10-39(11-9-38)28-32-13-20-25(37-28)26(34-14-33-20)36-18-5-7-22(16(2)24(18)29)42-17-4-6-21-19(12-17)35-15-40(21)27(30)31/h3-7,12-15,27H,1,8-11H2,2H3,(H,33,34,36). The highest BCUT2D eigenvalue weighted by atomic mass is 19.3. The molecule has 3 aromatic heterocycles. The van der Waals surface area contributed by atoms with E-state index in [4.69, 9.17) is 4.74 Å². The van der Waals surface area contributed by atoms with Gasteiger partial charge in [-0.05, 0) is 37.3 Å². The lowest BCUT2D eigenvalue weighted by molar-refractivity contribution is -0.126. The second-order valence-electron chi connectivity index (χ2n) is 9.50. The number of halogens is 3. The average molecular weight is 576 g/mol. The molecule has 1 N–H and O–H groups in total. The molecule has 6 rings (SSSR count). The van der Waals surface area contributed by atoms with E-state index in [1.54, 1.807) is 24.1 Å². The molecule has 1 aliphatic rings. The van der Waals surface area contributed by atoms with Crippen LogP contribution in [-0.2, 0) is 4.79 Å². The third-order valence-electron chi connectivity index (χ3n) is 6.99. The number of anilines is 3. The van der Waals surface area contributed by atoms with Crippen molar-refractivity contribution in [1.29, 1.82) is 0 Å². The third-order valence-corrected chi connectivity index (χ3v) is 6.99. The van der Waals surface area contributed by atoms with Gasteiger partial charge >= 0.3 is 6.55 Å². The van der Waals surface area contributed by atoms with Crippen LogP contribution in [0.1, 0.15) is 12.1 Å². The molecule has 0 unspecified atom stereocenters. The summed E-state index contributed by atoms with van der Waals surface area (Å²) in [6.07, 6.45) is 5.26. The van der Waals surface area contributed by atoms with Crippen molar-refractivity contribution in [3.8, 4) is 11.5 Å². The maximum Gasteiger partial charge on any atom is 0.320 e. The van der Waals surface area contributed by atoms with Crippen LogP contribution in [0.2, 0.25) is 0 Å². The zero-order valence-corrected chi connectivity index (χ0v) is 22.3. The van der Waals surface area contributed by atoms with Gasteiger partial charge in [-0.25, -0.2) is 29.3 Å². The fraction of sp³-hybridized carbons (Fsp3) is 0.214. The van der Waals surface area contributed by atoms with Crippen molar-refractivity contribution >= 4 is 45.4 Å². The molecule has 214 valence electrons. The third kappa shape index (κ3) is 5.02. The van der Waals surface area contributed by atoms with Crippen molar-refractivity contribution in [3.05, 3.63) is 73.2 Å². The molecule has 0 radical (unpaired) electrons. The Morgan fingerprint density at radius 2 is 1.88 bits per heavy atom. The van der Waals surface area contributed by atoms with E-state index in [2.05, 4.69) is 36.8 Å². The quantitative estimate of drug-likeness (QED) is 0.268. The SMILES string of the molecule is C=CC(=O)N1CCN(c2ncc3ncnc(Nc4ccc(Oc5ccc6c(c5)ncn6C(F)F)c(C)c4F)c3n2)CC1. The fourth-order valence-corrected chi connectivity index (χ4v) is 4.70. The summed E-state index contributed by atoms with van der Waals surface area (Å²) in [5.74, 6) is 0.616. The van der Waals surface area contributed by atoms with Gasteiger partial charge in [0.1, 0.15) is 35.2 Å². The monoisotopic (exact) mass is 575 g/mol. The van der Waals surface area contributed by atoms with Gasteiger partial charge in [0.15, 0.2) is 11.6 Å². The van der Waals surface area contributed by atoms with Gasteiger partial charge in [0, 0.05) is 37.8 Å². The Balaban J connectivity index is 1.23. The van der Waals surface area contributed by atoms with Crippen LogP contribution in [0.3, 0.4) is 0 Å². The average Bonchev–Trinajstić information content (AvgIpc) is 3.44. The molecular formula is C28H24F3N9O2. The first-order chi connectivity index (χ1) is 20.3. The zero-order valence-electron chi connectivity index (χ0n) is 22.3. The molecule has 42 heavy (non-hydrogen) atoms. The van der Waals surface area contributed by atoms with Crippen LogP contribution in [0.15, 0.2) is 61.8 Å². The number of piperazine rings is 1. The molecule has 11 nitrogen and oxygen atoms in total. The number of alkyl halides is 2. The molecule has 1 fully saturated rings. The van der Waals surface area contributed by atoms with E-state index in [1.165, 1.54) is 36.7 Å². The molecule has 1 amide bonds. The highest BCUT2D eigenvalue weighted by Gasteiger charge is 2.22. The number of hydrogen-bond donors (Lipinski definition) is 1. The zero-order chi connectivity index (χ0) is 29.4. The van der Waals surface area contributed by atoms with Gasteiger partial charge in [-0.2, -0.15) is 8.78 Å². The predicted molar refractivity (Wildman–Crippen MR) is 150 cm³/mol. The van der Waals surface area contributed by atoms with Crippen molar-refractivity contribution < 1.29 is 22.7 Å². The number of rotatable bonds is 7. The molecule has 0 atom stereocenters. The first kappa shape index (κ1) is 26.9. The molecule has 0 aliphatic carbocycles. The molecule has 0 bridgehead atoms. The van der Waals surface area contributed by atoms with Crippen molar-refractivity contribution in [3.63, 3.8) is 0 Å². The van der Waals surface area contributed by atoms with Gasteiger partial charge in [0.25, 0.3) is 0 Å². The summed E-state index contributed by atoms with van der Waals surface area (Å²) in [5, 5.41) is 3.01. The Bertz CT molecular complexity index is 1820. The first-order valence-corrected chi connectivity index (χ1v) is 12.9. The van der Waals surface area contributed by atoms with Gasteiger partial charge in [-0.3, -0.25) is 9.36 Å². The van der Waals surface area contributed by atoms with E-state index < -0.39 is 12.4 Å². The second kappa shape index (κ2) is 11.0. The van der Waals surface area contributed by atoms with Crippen molar-refractivity contribution in [1.82, 2.24) is 34.4 Å². The number of benzene rings is 2. The number of fused-ring (bicyclic) bond motifs is 2. The van der Waals surface area contributed by atoms with E-state index in [-0.39, 0.29) is 34.2 Å². The fourth-order valence-electron chi connectivity index (χ4n) is 4.70. The number of aromatic nitrogens is 6. The second-order valence-corrected chi connectivity index (χ2v) is 9.50. The van der Waals surface area contributed by atoms with Crippen molar-refractivity contribution in [2.24, 2.45) is 0 Å². The molecule has 2 aromatic carbocycles. The molecular weight excluding hydrogens is 551 g/mol. The Kier molecular flexibility index (Phi) is 7.02. The normalized spacial score (nSPS) is 13.6. The minimum absolute atomic E-state index is 0.120. The van der Waals surface area contributed by atoms with Crippen LogP contribution in [0, 0.1) is 12.7 Å². The molecule has 1 aliphatic heterocycles. The van der Waals surface area contributed by atoms with Crippen LogP contribution in [0.5, 0.6) is 11.5 Å². The van der Waals surface area contributed by atoms with Crippen LogP contribution in [0.4, 0.5) is 30.6 Å². The summed E-state index contributed by atoms with van der Waals surface area (Å²) in [5.41, 5.74) is 1.82. The summed E-state index contributed by atoms with van der Waals surface area (Å²) in [7, 11) is 0. The summed E-state index contributed by atoms with van der Waals surface area (Å²) in [4.78, 5) is 37.1. The molecule has 0 spiro atoms. The van der Waals surface area contributed by atoms with Crippen LogP contribution < -0.4 is 15.0 Å². The van der Waals surface area contributed by atoms with E-state index >= 15 is 4.39 Å². The minimum atomic E-state index is -2.71. The lowest BCUT2D eigenvalue weighted by Gasteiger charge is -2.34. The molecule has 4 heterocycles. The Labute approximate surface area is 237 Å². The Hall–Kier alpha value is -5.27. The number of ether oxygens (including phenoxy) is 1. The smallest absolute Gasteiger partial charge is 0.320 e. The van der Waals surface area contributed by atoms with Crippen molar-refractivity contribution in [2.45, 2.75) is 13.5 Å².